The molecule has 2 aromatic rings. The van der Waals surface area contributed by atoms with Gasteiger partial charge in [0.1, 0.15) is 0 Å². The molecule has 0 aliphatic heterocycles. The van der Waals surface area contributed by atoms with Crippen LogP contribution in [0.5, 0.6) is 0 Å². The first-order valence-electron chi connectivity index (χ1n) is 9.48. The molecule has 23 heavy (non-hydrogen) atoms. The molecule has 2 rings (SSSR count). The summed E-state index contributed by atoms with van der Waals surface area (Å²) in [6.07, 6.45) is 6.09. The van der Waals surface area contributed by atoms with E-state index in [9.17, 15) is 0 Å². The lowest BCUT2D eigenvalue weighted by Gasteiger charge is -2.34. The highest BCUT2D eigenvalue weighted by molar-refractivity contribution is 5.90. The van der Waals surface area contributed by atoms with Crippen LogP contribution in [0.1, 0.15) is 84.8 Å². The predicted octanol–water partition coefficient (Wildman–Crippen LogP) is 7.39. The van der Waals surface area contributed by atoms with Gasteiger partial charge >= 0.3 is 0 Å². The summed E-state index contributed by atoms with van der Waals surface area (Å²) in [6, 6.07) is 13.9. The van der Waals surface area contributed by atoms with E-state index >= 15 is 0 Å². The Kier molecular flexibility index (Phi) is 5.55. The van der Waals surface area contributed by atoms with Crippen LogP contribution in [0.2, 0.25) is 0 Å². The molecule has 0 aromatic heterocycles. The van der Waals surface area contributed by atoms with Gasteiger partial charge in [-0.15, -0.1) is 0 Å². The van der Waals surface area contributed by atoms with Crippen LogP contribution in [0.25, 0.3) is 10.8 Å². The highest BCUT2D eigenvalue weighted by Gasteiger charge is 2.30. The van der Waals surface area contributed by atoms with Crippen LogP contribution < -0.4 is 0 Å². The fourth-order valence-corrected chi connectivity index (χ4v) is 4.43. The van der Waals surface area contributed by atoms with Crippen LogP contribution in [0.15, 0.2) is 36.4 Å². The van der Waals surface area contributed by atoms with Crippen molar-refractivity contribution in [1.82, 2.24) is 0 Å². The third-order valence-electron chi connectivity index (χ3n) is 6.13. The highest BCUT2D eigenvalue weighted by Crippen LogP contribution is 2.42. The van der Waals surface area contributed by atoms with Crippen molar-refractivity contribution in [3.63, 3.8) is 0 Å². The summed E-state index contributed by atoms with van der Waals surface area (Å²) in [5, 5.41) is 2.93. The maximum atomic E-state index is 2.44. The zero-order chi connectivity index (χ0) is 17.1. The molecule has 0 bridgehead atoms. The maximum Gasteiger partial charge on any atom is -0.00487 e. The van der Waals surface area contributed by atoms with Crippen LogP contribution in [0.3, 0.4) is 0 Å². The van der Waals surface area contributed by atoms with Crippen LogP contribution in [0, 0.1) is 0 Å². The molecule has 0 radical (unpaired) electrons. The average Bonchev–Trinajstić information content (AvgIpc) is 2.56. The Morgan fingerprint density at radius 1 is 0.696 bits per heavy atom. The smallest absolute Gasteiger partial charge is 0.00487 e. The number of hydrogen-bond donors (Lipinski definition) is 0. The van der Waals surface area contributed by atoms with Crippen molar-refractivity contribution in [1.29, 1.82) is 0 Å². The minimum atomic E-state index is 0.236. The van der Waals surface area contributed by atoms with Gasteiger partial charge in [0.15, 0.2) is 0 Å². The fourth-order valence-electron chi connectivity index (χ4n) is 4.43. The zero-order valence-electron chi connectivity index (χ0n) is 16.0. The van der Waals surface area contributed by atoms with Gasteiger partial charge in [-0.25, -0.2) is 0 Å². The van der Waals surface area contributed by atoms with Gasteiger partial charge in [0.05, 0.1) is 0 Å². The molecule has 0 saturated carbocycles. The molecule has 0 aliphatic carbocycles. The van der Waals surface area contributed by atoms with Crippen LogP contribution in [0.4, 0.5) is 0 Å². The summed E-state index contributed by atoms with van der Waals surface area (Å²) in [6.45, 7) is 14.1. The number of hydrogen-bond acceptors (Lipinski definition) is 0. The van der Waals surface area contributed by atoms with Gasteiger partial charge in [0.25, 0.3) is 0 Å². The fraction of sp³-hybridized carbons (Fsp3) is 0.565. The molecule has 2 aromatic carbocycles. The van der Waals surface area contributed by atoms with Crippen molar-refractivity contribution in [2.45, 2.75) is 84.5 Å². The Labute approximate surface area is 143 Å². The average molecular weight is 311 g/mol. The van der Waals surface area contributed by atoms with Gasteiger partial charge in [0.2, 0.25) is 0 Å². The van der Waals surface area contributed by atoms with E-state index in [1.54, 1.807) is 5.56 Å². The number of rotatable bonds is 7. The van der Waals surface area contributed by atoms with Crippen LogP contribution in [-0.2, 0) is 10.8 Å². The second kappa shape index (κ2) is 7.07. The lowest BCUT2D eigenvalue weighted by molar-refractivity contribution is 0.384. The standard InChI is InChI=1S/C23H34/c1-7-17-22(5,6)20-15-16-21(23(8-2,9-3)10-4)19-14-12-11-13-18(19)20/h11-16H,7-10,17H2,1-6H3. The van der Waals surface area contributed by atoms with E-state index in [-0.39, 0.29) is 5.41 Å². The van der Waals surface area contributed by atoms with E-state index in [4.69, 9.17) is 0 Å². The molecule has 0 saturated heterocycles. The third kappa shape index (κ3) is 3.18. The number of fused-ring (bicyclic) bond motifs is 1. The van der Waals surface area contributed by atoms with Gasteiger partial charge in [0, 0.05) is 0 Å². The molecular weight excluding hydrogens is 276 g/mol. The first-order chi connectivity index (χ1) is 11.0. The van der Waals surface area contributed by atoms with E-state index in [2.05, 4.69) is 77.9 Å². The zero-order valence-corrected chi connectivity index (χ0v) is 16.0. The van der Waals surface area contributed by atoms with Crippen LogP contribution >= 0.6 is 0 Å². The molecule has 0 nitrogen and oxygen atoms in total. The van der Waals surface area contributed by atoms with E-state index in [0.29, 0.717) is 5.41 Å². The monoisotopic (exact) mass is 310 g/mol. The minimum Gasteiger partial charge on any atom is -0.0654 e. The van der Waals surface area contributed by atoms with E-state index in [0.717, 1.165) is 0 Å². The Balaban J connectivity index is 2.74. The van der Waals surface area contributed by atoms with Gasteiger partial charge in [-0.2, -0.15) is 0 Å². The first-order valence-corrected chi connectivity index (χ1v) is 9.48. The molecule has 0 amide bonds. The first kappa shape index (κ1) is 18.0. The third-order valence-corrected chi connectivity index (χ3v) is 6.13. The van der Waals surface area contributed by atoms with Crippen molar-refractivity contribution in [2.75, 3.05) is 0 Å². The second-order valence-corrected chi connectivity index (χ2v) is 7.68. The topological polar surface area (TPSA) is 0 Å². The Morgan fingerprint density at radius 3 is 1.65 bits per heavy atom. The van der Waals surface area contributed by atoms with E-state index in [1.165, 1.54) is 48.4 Å². The summed E-state index contributed by atoms with van der Waals surface area (Å²) in [5.74, 6) is 0. The molecule has 0 aliphatic rings. The van der Waals surface area contributed by atoms with Crippen molar-refractivity contribution >= 4 is 10.8 Å². The van der Waals surface area contributed by atoms with E-state index < -0.39 is 0 Å². The summed E-state index contributed by atoms with van der Waals surface area (Å²) < 4.78 is 0. The van der Waals surface area contributed by atoms with E-state index in [1.807, 2.05) is 0 Å². The quantitative estimate of drug-likeness (QED) is 0.500. The Morgan fingerprint density at radius 2 is 1.17 bits per heavy atom. The highest BCUT2D eigenvalue weighted by atomic mass is 14.3. The van der Waals surface area contributed by atoms with Crippen molar-refractivity contribution in [3.05, 3.63) is 47.5 Å². The molecular formula is C23H34. The molecule has 0 N–H and O–H groups in total. The SMILES string of the molecule is CCCC(C)(C)c1ccc(C(CC)(CC)CC)c2ccccc12. The summed E-state index contributed by atoms with van der Waals surface area (Å²) in [4.78, 5) is 0. The van der Waals surface area contributed by atoms with Crippen LogP contribution in [-0.4, -0.2) is 0 Å². The van der Waals surface area contributed by atoms with Crippen molar-refractivity contribution in [2.24, 2.45) is 0 Å². The normalized spacial score (nSPS) is 12.8. The van der Waals surface area contributed by atoms with Gasteiger partial charge < -0.3 is 0 Å². The largest absolute Gasteiger partial charge is 0.0654 e. The molecule has 0 spiro atoms. The van der Waals surface area contributed by atoms with Crippen molar-refractivity contribution in [3.8, 4) is 0 Å². The summed E-state index contributed by atoms with van der Waals surface area (Å²) in [7, 11) is 0. The number of benzene rings is 2. The minimum absolute atomic E-state index is 0.236. The molecule has 0 unspecified atom stereocenters. The molecule has 126 valence electrons. The maximum absolute atomic E-state index is 2.44. The lowest BCUT2D eigenvalue weighted by Crippen LogP contribution is -2.24. The summed E-state index contributed by atoms with van der Waals surface area (Å²) in [5.41, 5.74) is 3.61. The lowest BCUT2D eigenvalue weighted by atomic mass is 9.70. The molecule has 0 fully saturated rings. The predicted molar refractivity (Wildman–Crippen MR) is 104 cm³/mol. The van der Waals surface area contributed by atoms with Gasteiger partial charge in [-0.1, -0.05) is 84.4 Å². The Bertz CT molecular complexity index is 636. The molecule has 0 atom stereocenters. The molecule has 0 heterocycles. The van der Waals surface area contributed by atoms with Crippen molar-refractivity contribution < 1.29 is 0 Å². The van der Waals surface area contributed by atoms with Gasteiger partial charge in [-0.3, -0.25) is 0 Å². The summed E-state index contributed by atoms with van der Waals surface area (Å²) >= 11 is 0. The molecule has 0 heteroatoms. The Hall–Kier alpha value is -1.30. The second-order valence-electron chi connectivity index (χ2n) is 7.68. The van der Waals surface area contributed by atoms with Gasteiger partial charge in [-0.05, 0) is 58.4 Å².